The van der Waals surface area contributed by atoms with Crippen LogP contribution in [0.3, 0.4) is 0 Å². The van der Waals surface area contributed by atoms with Gasteiger partial charge < -0.3 is 39.4 Å². The molecule has 14 nitrogen and oxygen atoms in total. The molecule has 3 unspecified atom stereocenters. The molecule has 2 heterocycles. The molecule has 1 aliphatic heterocycles. The lowest BCUT2D eigenvalue weighted by molar-refractivity contribution is -0.385. The van der Waals surface area contributed by atoms with Crippen molar-refractivity contribution in [2.45, 2.75) is 25.6 Å². The zero-order chi connectivity index (χ0) is 31.0. The maximum absolute atomic E-state index is 13.1. The summed E-state index contributed by atoms with van der Waals surface area (Å²) in [5.74, 6) is -0.862. The van der Waals surface area contributed by atoms with Crippen LogP contribution in [0.15, 0.2) is 54.4 Å². The quantitative estimate of drug-likeness (QED) is 0.0983. The van der Waals surface area contributed by atoms with Gasteiger partial charge in [-0.05, 0) is 43.2 Å². The number of methoxy groups -OCH3 is 1. The number of amides is 1. The topological polar surface area (TPSA) is 181 Å². The van der Waals surface area contributed by atoms with E-state index in [0.717, 1.165) is 11.8 Å². The SMILES string of the molecule is CCOC1OC(C(=O)NCCNc2ccc([N+](=O)[O-])cn2)=CC(c2ccc(C(=O)OC)cc2)C1CCOCCOCCO. The molecule has 3 rings (SSSR count). The van der Waals surface area contributed by atoms with E-state index in [1.807, 2.05) is 19.1 Å². The molecule has 0 fully saturated rings. The molecule has 3 atom stereocenters. The number of anilines is 1. The molecule has 0 aliphatic carbocycles. The highest BCUT2D eigenvalue weighted by Crippen LogP contribution is 2.39. The van der Waals surface area contributed by atoms with Crippen LogP contribution in [0, 0.1) is 16.0 Å². The Hall–Kier alpha value is -4.11. The van der Waals surface area contributed by atoms with Crippen LogP contribution in [0.2, 0.25) is 0 Å². The lowest BCUT2D eigenvalue weighted by atomic mass is 9.81. The van der Waals surface area contributed by atoms with E-state index in [-0.39, 0.29) is 43.0 Å². The third-order valence-corrected chi connectivity index (χ3v) is 6.53. The number of rotatable bonds is 18. The zero-order valence-corrected chi connectivity index (χ0v) is 24.2. The Morgan fingerprint density at radius 2 is 1.81 bits per heavy atom. The Labute approximate surface area is 249 Å². The number of nitrogens with one attached hydrogen (secondary N) is 2. The van der Waals surface area contributed by atoms with Crippen LogP contribution >= 0.6 is 0 Å². The van der Waals surface area contributed by atoms with Gasteiger partial charge in [0.15, 0.2) is 5.76 Å². The zero-order valence-electron chi connectivity index (χ0n) is 24.2. The molecule has 0 radical (unpaired) electrons. The number of benzene rings is 1. The van der Waals surface area contributed by atoms with Crippen LogP contribution in [0.25, 0.3) is 0 Å². The molecule has 1 aromatic carbocycles. The van der Waals surface area contributed by atoms with Crippen LogP contribution < -0.4 is 10.6 Å². The molecule has 2 aromatic rings. The van der Waals surface area contributed by atoms with Crippen molar-refractivity contribution in [2.75, 3.05) is 65.2 Å². The summed E-state index contributed by atoms with van der Waals surface area (Å²) in [5.41, 5.74) is 1.14. The van der Waals surface area contributed by atoms with Gasteiger partial charge >= 0.3 is 5.97 Å². The second kappa shape index (κ2) is 17.8. The van der Waals surface area contributed by atoms with E-state index in [1.54, 1.807) is 18.2 Å². The Morgan fingerprint density at radius 3 is 2.44 bits per heavy atom. The minimum Gasteiger partial charge on any atom is -0.465 e. The number of aliphatic hydroxyl groups excluding tert-OH is 1. The van der Waals surface area contributed by atoms with Crippen LogP contribution in [0.5, 0.6) is 0 Å². The second-order valence-electron chi connectivity index (χ2n) is 9.35. The highest BCUT2D eigenvalue weighted by molar-refractivity contribution is 5.92. The van der Waals surface area contributed by atoms with Crippen molar-refractivity contribution < 1.29 is 43.3 Å². The van der Waals surface area contributed by atoms with Gasteiger partial charge in [0.1, 0.15) is 12.0 Å². The van der Waals surface area contributed by atoms with E-state index < -0.39 is 23.1 Å². The average Bonchev–Trinajstić information content (AvgIpc) is 3.03. The van der Waals surface area contributed by atoms with Crippen molar-refractivity contribution in [3.05, 3.63) is 75.7 Å². The molecule has 234 valence electrons. The van der Waals surface area contributed by atoms with Crippen molar-refractivity contribution in [3.8, 4) is 0 Å². The third-order valence-electron chi connectivity index (χ3n) is 6.53. The first kappa shape index (κ1) is 33.4. The third kappa shape index (κ3) is 10.3. The smallest absolute Gasteiger partial charge is 0.337 e. The summed E-state index contributed by atoms with van der Waals surface area (Å²) < 4.78 is 27.7. The Kier molecular flexibility index (Phi) is 13.8. The first-order valence-electron chi connectivity index (χ1n) is 13.9. The predicted molar refractivity (Wildman–Crippen MR) is 154 cm³/mol. The number of aromatic nitrogens is 1. The standard InChI is InChI=1S/C29H38N4O10/c1-3-42-29-23(10-14-40-16-17-41-15-13-34)24(20-4-6-21(7-5-20)28(36)39-2)18-25(43-29)27(35)31-12-11-30-26-9-8-22(19-32-26)33(37)38/h4-9,18-19,23-24,29,34H,3,10-17H2,1-2H3,(H,30,32)(H,31,35). The minimum atomic E-state index is -0.738. The molecule has 0 bridgehead atoms. The molecule has 1 aliphatic rings. The van der Waals surface area contributed by atoms with Crippen LogP contribution in [0.4, 0.5) is 11.5 Å². The molecule has 1 amide bonds. The first-order chi connectivity index (χ1) is 20.9. The number of carbonyl (C=O) groups excluding carboxylic acids is 2. The molecular formula is C29H38N4O10. The van der Waals surface area contributed by atoms with Crippen molar-refractivity contribution in [2.24, 2.45) is 5.92 Å². The van der Waals surface area contributed by atoms with Gasteiger partial charge in [-0.2, -0.15) is 0 Å². The summed E-state index contributed by atoms with van der Waals surface area (Å²) in [7, 11) is 1.32. The second-order valence-corrected chi connectivity index (χ2v) is 9.35. The summed E-state index contributed by atoms with van der Waals surface area (Å²) in [6.07, 6.45) is 2.71. The number of hydrogen-bond donors (Lipinski definition) is 3. The molecule has 14 heteroatoms. The highest BCUT2D eigenvalue weighted by Gasteiger charge is 2.38. The van der Waals surface area contributed by atoms with E-state index in [0.29, 0.717) is 50.8 Å². The number of allylic oxidation sites excluding steroid dienone is 1. The number of hydrogen-bond acceptors (Lipinski definition) is 12. The normalized spacial score (nSPS) is 17.8. The molecule has 0 saturated heterocycles. The molecule has 43 heavy (non-hydrogen) atoms. The number of aliphatic hydroxyl groups is 1. The van der Waals surface area contributed by atoms with Gasteiger partial charge in [0.2, 0.25) is 6.29 Å². The largest absolute Gasteiger partial charge is 0.465 e. The summed E-state index contributed by atoms with van der Waals surface area (Å²) in [6.45, 7) is 4.03. The van der Waals surface area contributed by atoms with Crippen LogP contribution in [-0.2, 0) is 28.5 Å². The molecular weight excluding hydrogens is 564 g/mol. The molecule has 0 spiro atoms. The van der Waals surface area contributed by atoms with Gasteiger partial charge in [0, 0.05) is 44.2 Å². The van der Waals surface area contributed by atoms with E-state index in [2.05, 4.69) is 15.6 Å². The summed E-state index contributed by atoms with van der Waals surface area (Å²) in [4.78, 5) is 39.4. The lowest BCUT2D eigenvalue weighted by Gasteiger charge is -2.37. The number of nitrogens with zero attached hydrogens (tertiary/aromatic N) is 2. The number of pyridine rings is 1. The van der Waals surface area contributed by atoms with E-state index in [9.17, 15) is 19.7 Å². The fourth-order valence-electron chi connectivity index (χ4n) is 4.44. The highest BCUT2D eigenvalue weighted by atomic mass is 16.7. The van der Waals surface area contributed by atoms with Gasteiger partial charge in [-0.1, -0.05) is 12.1 Å². The fraction of sp³-hybridized carbons (Fsp3) is 0.483. The van der Waals surface area contributed by atoms with Gasteiger partial charge in [-0.15, -0.1) is 0 Å². The number of esters is 1. The monoisotopic (exact) mass is 602 g/mol. The van der Waals surface area contributed by atoms with E-state index in [1.165, 1.54) is 19.2 Å². The Morgan fingerprint density at radius 1 is 1.07 bits per heavy atom. The summed E-state index contributed by atoms with van der Waals surface area (Å²) in [5, 5.41) is 25.4. The van der Waals surface area contributed by atoms with E-state index >= 15 is 0 Å². The van der Waals surface area contributed by atoms with Crippen molar-refractivity contribution >= 4 is 23.4 Å². The maximum Gasteiger partial charge on any atom is 0.337 e. The Balaban J connectivity index is 1.70. The Bertz CT molecular complexity index is 1210. The lowest BCUT2D eigenvalue weighted by Crippen LogP contribution is -2.40. The average molecular weight is 603 g/mol. The number of ether oxygens (including phenoxy) is 5. The maximum atomic E-state index is 13.1. The minimum absolute atomic E-state index is 0.0539. The van der Waals surface area contributed by atoms with Gasteiger partial charge in [-0.25, -0.2) is 9.78 Å². The number of carbonyl (C=O) groups is 2. The molecule has 1 aromatic heterocycles. The van der Waals surface area contributed by atoms with Gasteiger partial charge in [0.05, 0.1) is 44.0 Å². The van der Waals surface area contributed by atoms with Crippen molar-refractivity contribution in [1.82, 2.24) is 10.3 Å². The van der Waals surface area contributed by atoms with Gasteiger partial charge in [0.25, 0.3) is 11.6 Å². The summed E-state index contributed by atoms with van der Waals surface area (Å²) >= 11 is 0. The van der Waals surface area contributed by atoms with Crippen LogP contribution in [-0.4, -0.2) is 93.0 Å². The summed E-state index contributed by atoms with van der Waals surface area (Å²) in [6, 6.07) is 9.80. The van der Waals surface area contributed by atoms with Gasteiger partial charge in [-0.3, -0.25) is 14.9 Å². The van der Waals surface area contributed by atoms with Crippen molar-refractivity contribution in [3.63, 3.8) is 0 Å². The molecule has 0 saturated carbocycles. The first-order valence-corrected chi connectivity index (χ1v) is 13.9. The predicted octanol–water partition coefficient (Wildman–Crippen LogP) is 2.40. The van der Waals surface area contributed by atoms with E-state index in [4.69, 9.17) is 28.8 Å². The molecule has 3 N–H and O–H groups in total. The number of nitro groups is 1. The van der Waals surface area contributed by atoms with Crippen LogP contribution in [0.1, 0.15) is 35.2 Å². The van der Waals surface area contributed by atoms with Crippen molar-refractivity contribution in [1.29, 1.82) is 0 Å². The fourth-order valence-corrected chi connectivity index (χ4v) is 4.44.